The number of fused-ring (bicyclic) bond motifs is 1. The molecule has 1 aromatic carbocycles. The maximum absolute atomic E-state index is 11.4. The Hall–Kier alpha value is -1.85. The summed E-state index contributed by atoms with van der Waals surface area (Å²) in [6.45, 7) is 3.48. The molecule has 4 N–H and O–H groups in total. The summed E-state index contributed by atoms with van der Waals surface area (Å²) in [6, 6.07) is 6.78. The minimum absolute atomic E-state index is 0.103. The van der Waals surface area contributed by atoms with Crippen LogP contribution in [0.15, 0.2) is 29.1 Å². The molecule has 0 aliphatic carbocycles. The first kappa shape index (κ1) is 16.5. The van der Waals surface area contributed by atoms with Gasteiger partial charge in [0.2, 0.25) is 5.56 Å². The van der Waals surface area contributed by atoms with Crippen LogP contribution in [0.4, 0.5) is 0 Å². The van der Waals surface area contributed by atoms with E-state index in [1.54, 1.807) is 12.1 Å². The number of pyridine rings is 1. The van der Waals surface area contributed by atoms with Crippen LogP contribution in [0.2, 0.25) is 0 Å². The van der Waals surface area contributed by atoms with E-state index in [2.05, 4.69) is 10.3 Å². The van der Waals surface area contributed by atoms with Crippen molar-refractivity contribution in [1.29, 1.82) is 0 Å². The number of hydrogen-bond donors (Lipinski definition) is 4. The van der Waals surface area contributed by atoms with Crippen LogP contribution in [-0.2, 0) is 6.42 Å². The Balaban J connectivity index is 1.90. The van der Waals surface area contributed by atoms with Crippen LogP contribution in [0, 0.1) is 0 Å². The largest absolute Gasteiger partial charge is 0.506 e. The Morgan fingerprint density at radius 1 is 1.23 bits per heavy atom. The standard InChI is InChI=1S/C17H24N2O3/c1-2-13(20)11-18-10-4-3-5-12-6-8-15(21)17-14(12)7-9-16(22)19-17/h6-9,13,18,20-21H,2-5,10-11H2,1H3,(H,19,22). The molecule has 1 unspecified atom stereocenters. The van der Waals surface area contributed by atoms with Crippen LogP contribution >= 0.6 is 0 Å². The first-order valence-electron chi connectivity index (χ1n) is 7.84. The van der Waals surface area contributed by atoms with Gasteiger partial charge in [-0.3, -0.25) is 4.79 Å². The number of aliphatic hydroxyl groups excluding tert-OH is 1. The van der Waals surface area contributed by atoms with Crippen molar-refractivity contribution in [3.05, 3.63) is 40.2 Å². The fraction of sp³-hybridized carbons (Fsp3) is 0.471. The quantitative estimate of drug-likeness (QED) is 0.561. The summed E-state index contributed by atoms with van der Waals surface area (Å²) in [6.07, 6.45) is 3.42. The van der Waals surface area contributed by atoms with Gasteiger partial charge in [-0.25, -0.2) is 0 Å². The molecule has 0 fully saturated rings. The van der Waals surface area contributed by atoms with E-state index in [9.17, 15) is 15.0 Å². The number of aliphatic hydroxyl groups is 1. The Kier molecular flexibility index (Phi) is 5.98. The second-order valence-electron chi connectivity index (χ2n) is 5.58. The van der Waals surface area contributed by atoms with Gasteiger partial charge in [-0.15, -0.1) is 0 Å². The van der Waals surface area contributed by atoms with Crippen LogP contribution in [0.5, 0.6) is 5.75 Å². The van der Waals surface area contributed by atoms with Gasteiger partial charge >= 0.3 is 0 Å². The molecule has 1 aromatic heterocycles. The lowest BCUT2D eigenvalue weighted by atomic mass is 10.0. The second kappa shape index (κ2) is 7.96. The molecule has 2 rings (SSSR count). The highest BCUT2D eigenvalue weighted by Gasteiger charge is 2.06. The van der Waals surface area contributed by atoms with Crippen molar-refractivity contribution >= 4 is 10.9 Å². The van der Waals surface area contributed by atoms with Gasteiger partial charge in [0.1, 0.15) is 5.75 Å². The van der Waals surface area contributed by atoms with Gasteiger partial charge in [-0.2, -0.15) is 0 Å². The number of nitrogens with one attached hydrogen (secondary N) is 2. The first-order valence-corrected chi connectivity index (χ1v) is 7.84. The Labute approximate surface area is 130 Å². The van der Waals surface area contributed by atoms with Gasteiger partial charge in [0.15, 0.2) is 0 Å². The lowest BCUT2D eigenvalue weighted by Crippen LogP contribution is -2.26. The first-order chi connectivity index (χ1) is 10.6. The highest BCUT2D eigenvalue weighted by Crippen LogP contribution is 2.25. The van der Waals surface area contributed by atoms with Crippen LogP contribution in [-0.4, -0.2) is 34.4 Å². The van der Waals surface area contributed by atoms with E-state index in [-0.39, 0.29) is 17.4 Å². The third-order valence-corrected chi connectivity index (χ3v) is 3.86. The molecule has 0 radical (unpaired) electrons. The summed E-state index contributed by atoms with van der Waals surface area (Å²) in [7, 11) is 0. The van der Waals surface area contributed by atoms with Crippen molar-refractivity contribution in [1.82, 2.24) is 10.3 Å². The van der Waals surface area contributed by atoms with Crippen LogP contribution in [0.1, 0.15) is 31.7 Å². The fourth-order valence-electron chi connectivity index (χ4n) is 2.49. The molecule has 0 saturated heterocycles. The molecule has 0 aliphatic heterocycles. The molecule has 0 bridgehead atoms. The summed E-state index contributed by atoms with van der Waals surface area (Å²) >= 11 is 0. The number of hydrogen-bond acceptors (Lipinski definition) is 4. The Morgan fingerprint density at radius 2 is 2.05 bits per heavy atom. The second-order valence-corrected chi connectivity index (χ2v) is 5.58. The van der Waals surface area contributed by atoms with Crippen LogP contribution in [0.3, 0.4) is 0 Å². The fourth-order valence-corrected chi connectivity index (χ4v) is 2.49. The smallest absolute Gasteiger partial charge is 0.248 e. The predicted octanol–water partition coefficient (Wildman–Crippen LogP) is 1.92. The third-order valence-electron chi connectivity index (χ3n) is 3.86. The topological polar surface area (TPSA) is 85.3 Å². The number of aromatic nitrogens is 1. The van der Waals surface area contributed by atoms with Crippen molar-refractivity contribution in [2.24, 2.45) is 0 Å². The molecule has 5 nitrogen and oxygen atoms in total. The van der Waals surface area contributed by atoms with E-state index in [1.165, 1.54) is 6.07 Å². The normalized spacial score (nSPS) is 12.6. The van der Waals surface area contributed by atoms with Crippen molar-refractivity contribution in [3.63, 3.8) is 0 Å². The van der Waals surface area contributed by atoms with Crippen molar-refractivity contribution in [2.75, 3.05) is 13.1 Å². The highest BCUT2D eigenvalue weighted by atomic mass is 16.3. The Bertz CT molecular complexity index is 666. The molecule has 2 aromatic rings. The number of H-pyrrole nitrogens is 1. The minimum atomic E-state index is -0.266. The average molecular weight is 304 g/mol. The van der Waals surface area contributed by atoms with Gasteiger partial charge < -0.3 is 20.5 Å². The van der Waals surface area contributed by atoms with E-state index < -0.39 is 0 Å². The monoisotopic (exact) mass is 304 g/mol. The minimum Gasteiger partial charge on any atom is -0.506 e. The molecule has 0 saturated carbocycles. The molecular formula is C17H24N2O3. The summed E-state index contributed by atoms with van der Waals surface area (Å²) in [4.78, 5) is 14.0. The number of aromatic hydroxyl groups is 1. The Morgan fingerprint density at radius 3 is 2.82 bits per heavy atom. The van der Waals surface area contributed by atoms with E-state index in [1.807, 2.05) is 13.0 Å². The third kappa shape index (κ3) is 4.32. The lowest BCUT2D eigenvalue weighted by Gasteiger charge is -2.10. The van der Waals surface area contributed by atoms with Crippen molar-refractivity contribution in [3.8, 4) is 5.75 Å². The molecule has 1 heterocycles. The molecule has 0 spiro atoms. The molecular weight excluding hydrogens is 280 g/mol. The van der Waals surface area contributed by atoms with E-state index in [0.717, 1.165) is 43.2 Å². The van der Waals surface area contributed by atoms with Crippen molar-refractivity contribution < 1.29 is 10.2 Å². The molecule has 0 aliphatic rings. The zero-order valence-electron chi connectivity index (χ0n) is 12.9. The van der Waals surface area contributed by atoms with E-state index >= 15 is 0 Å². The maximum Gasteiger partial charge on any atom is 0.248 e. The summed E-state index contributed by atoms with van der Waals surface area (Å²) in [5.74, 6) is 0.103. The average Bonchev–Trinajstić information content (AvgIpc) is 2.52. The van der Waals surface area contributed by atoms with Gasteiger partial charge in [0.25, 0.3) is 0 Å². The summed E-state index contributed by atoms with van der Waals surface area (Å²) < 4.78 is 0. The van der Waals surface area contributed by atoms with E-state index in [4.69, 9.17) is 0 Å². The van der Waals surface area contributed by atoms with Gasteiger partial charge in [-0.05, 0) is 49.9 Å². The molecule has 22 heavy (non-hydrogen) atoms. The maximum atomic E-state index is 11.4. The summed E-state index contributed by atoms with van der Waals surface area (Å²) in [5.41, 5.74) is 1.42. The zero-order valence-corrected chi connectivity index (χ0v) is 12.9. The highest BCUT2D eigenvalue weighted by molar-refractivity contribution is 5.87. The van der Waals surface area contributed by atoms with Gasteiger partial charge in [0.05, 0.1) is 11.6 Å². The number of unbranched alkanes of at least 4 members (excludes halogenated alkanes) is 1. The molecule has 120 valence electrons. The van der Waals surface area contributed by atoms with Gasteiger partial charge in [0, 0.05) is 18.0 Å². The number of phenols is 1. The van der Waals surface area contributed by atoms with Crippen LogP contribution in [0.25, 0.3) is 10.9 Å². The number of benzene rings is 1. The number of rotatable bonds is 8. The predicted molar refractivity (Wildman–Crippen MR) is 88.3 cm³/mol. The van der Waals surface area contributed by atoms with Gasteiger partial charge in [-0.1, -0.05) is 13.0 Å². The van der Waals surface area contributed by atoms with E-state index in [0.29, 0.717) is 12.1 Å². The molecule has 5 heteroatoms. The lowest BCUT2D eigenvalue weighted by molar-refractivity contribution is 0.167. The van der Waals surface area contributed by atoms with Crippen LogP contribution < -0.4 is 10.9 Å². The number of phenolic OH excluding ortho intramolecular Hbond substituents is 1. The zero-order chi connectivity index (χ0) is 15.9. The number of aromatic amines is 1. The molecule has 1 atom stereocenters. The summed E-state index contributed by atoms with van der Waals surface area (Å²) in [5, 5.41) is 23.4. The van der Waals surface area contributed by atoms with Crippen molar-refractivity contribution in [2.45, 2.75) is 38.7 Å². The SMILES string of the molecule is CCC(O)CNCCCCc1ccc(O)c2[nH]c(=O)ccc12. The molecule has 0 amide bonds. The number of aryl methyl sites for hydroxylation is 1.